The molecule has 2 N–H and O–H groups in total. The van der Waals surface area contributed by atoms with E-state index in [1.165, 1.54) is 0 Å². The summed E-state index contributed by atoms with van der Waals surface area (Å²) in [7, 11) is 0. The number of nitrogens with zero attached hydrogens (tertiary/aromatic N) is 1. The van der Waals surface area contributed by atoms with Crippen LogP contribution < -0.4 is 10.5 Å². The highest BCUT2D eigenvalue weighted by atomic mass is 16.5. The molecule has 0 amide bonds. The van der Waals surface area contributed by atoms with Crippen molar-refractivity contribution >= 4 is 6.08 Å². The Morgan fingerprint density at radius 3 is 3.17 bits per heavy atom. The van der Waals surface area contributed by atoms with E-state index in [2.05, 4.69) is 11.6 Å². The van der Waals surface area contributed by atoms with Gasteiger partial charge in [0.15, 0.2) is 0 Å². The van der Waals surface area contributed by atoms with Crippen LogP contribution in [-0.4, -0.2) is 18.1 Å². The Balaban J connectivity index is 2.75. The van der Waals surface area contributed by atoms with E-state index in [0.29, 0.717) is 19.0 Å². The standard InChI is InChI=1S/C9H12N2O/c1-2-8-4-3-6-11-9(8)12-7-5-10/h2-4,6H,1,5,7,10H2. The van der Waals surface area contributed by atoms with Crippen LogP contribution in [0.3, 0.4) is 0 Å². The van der Waals surface area contributed by atoms with Gasteiger partial charge in [-0.2, -0.15) is 0 Å². The van der Waals surface area contributed by atoms with E-state index in [4.69, 9.17) is 10.5 Å². The SMILES string of the molecule is C=Cc1cccnc1OCCN. The second-order valence-corrected chi connectivity index (χ2v) is 2.24. The lowest BCUT2D eigenvalue weighted by molar-refractivity contribution is 0.315. The van der Waals surface area contributed by atoms with Gasteiger partial charge in [-0.25, -0.2) is 4.98 Å². The van der Waals surface area contributed by atoms with E-state index in [1.54, 1.807) is 12.3 Å². The number of hydrogen-bond acceptors (Lipinski definition) is 3. The molecule has 0 aromatic carbocycles. The predicted octanol–water partition coefficient (Wildman–Crippen LogP) is 1.06. The van der Waals surface area contributed by atoms with Crippen molar-refractivity contribution in [3.8, 4) is 5.88 Å². The van der Waals surface area contributed by atoms with Crippen molar-refractivity contribution in [1.29, 1.82) is 0 Å². The van der Waals surface area contributed by atoms with Gasteiger partial charge in [-0.1, -0.05) is 12.7 Å². The van der Waals surface area contributed by atoms with Crippen molar-refractivity contribution < 1.29 is 4.74 Å². The molecule has 0 spiro atoms. The van der Waals surface area contributed by atoms with Gasteiger partial charge in [-0.05, 0) is 12.1 Å². The molecule has 0 aliphatic carbocycles. The molecular weight excluding hydrogens is 152 g/mol. The van der Waals surface area contributed by atoms with Crippen molar-refractivity contribution in [3.63, 3.8) is 0 Å². The maximum atomic E-state index is 5.29. The summed E-state index contributed by atoms with van der Waals surface area (Å²) in [6.45, 7) is 4.63. The van der Waals surface area contributed by atoms with Crippen LogP contribution in [0.1, 0.15) is 5.56 Å². The highest BCUT2D eigenvalue weighted by Gasteiger charge is 1.98. The third kappa shape index (κ3) is 2.07. The summed E-state index contributed by atoms with van der Waals surface area (Å²) in [5.41, 5.74) is 6.18. The lowest BCUT2D eigenvalue weighted by Crippen LogP contribution is -2.11. The van der Waals surface area contributed by atoms with Gasteiger partial charge >= 0.3 is 0 Å². The van der Waals surface area contributed by atoms with Crippen LogP contribution in [-0.2, 0) is 0 Å². The van der Waals surface area contributed by atoms with Crippen LogP contribution in [0.2, 0.25) is 0 Å². The molecule has 1 rings (SSSR count). The van der Waals surface area contributed by atoms with Gasteiger partial charge < -0.3 is 10.5 Å². The summed E-state index contributed by atoms with van der Waals surface area (Å²) < 4.78 is 5.27. The van der Waals surface area contributed by atoms with Crippen molar-refractivity contribution in [2.24, 2.45) is 5.73 Å². The Morgan fingerprint density at radius 1 is 1.67 bits per heavy atom. The molecule has 0 aliphatic rings. The minimum atomic E-state index is 0.484. The van der Waals surface area contributed by atoms with Crippen LogP contribution >= 0.6 is 0 Å². The first kappa shape index (κ1) is 8.74. The average Bonchev–Trinajstić information content (AvgIpc) is 2.15. The van der Waals surface area contributed by atoms with Crippen LogP contribution in [0.25, 0.3) is 6.08 Å². The van der Waals surface area contributed by atoms with Gasteiger partial charge in [0, 0.05) is 18.3 Å². The molecule has 12 heavy (non-hydrogen) atoms. The van der Waals surface area contributed by atoms with E-state index < -0.39 is 0 Å². The molecule has 0 fully saturated rings. The smallest absolute Gasteiger partial charge is 0.220 e. The quantitative estimate of drug-likeness (QED) is 0.723. The van der Waals surface area contributed by atoms with Gasteiger partial charge in [0.2, 0.25) is 5.88 Å². The van der Waals surface area contributed by atoms with Crippen molar-refractivity contribution in [3.05, 3.63) is 30.5 Å². The van der Waals surface area contributed by atoms with Gasteiger partial charge in [-0.3, -0.25) is 0 Å². The van der Waals surface area contributed by atoms with E-state index in [0.717, 1.165) is 5.56 Å². The van der Waals surface area contributed by atoms with Crippen molar-refractivity contribution in [2.45, 2.75) is 0 Å². The number of aromatic nitrogens is 1. The minimum Gasteiger partial charge on any atom is -0.476 e. The van der Waals surface area contributed by atoms with Crippen molar-refractivity contribution in [2.75, 3.05) is 13.2 Å². The molecule has 0 saturated heterocycles. The first-order chi connectivity index (χ1) is 5.88. The molecule has 0 saturated carbocycles. The van der Waals surface area contributed by atoms with Gasteiger partial charge in [0.05, 0.1) is 0 Å². The van der Waals surface area contributed by atoms with Crippen LogP contribution in [0.4, 0.5) is 0 Å². The highest BCUT2D eigenvalue weighted by Crippen LogP contribution is 2.14. The predicted molar refractivity (Wildman–Crippen MR) is 48.9 cm³/mol. The molecule has 3 heteroatoms. The summed E-state index contributed by atoms with van der Waals surface area (Å²) in [5.74, 6) is 0.595. The molecule has 0 radical (unpaired) electrons. The fraction of sp³-hybridized carbons (Fsp3) is 0.222. The van der Waals surface area contributed by atoms with Gasteiger partial charge in [-0.15, -0.1) is 0 Å². The summed E-state index contributed by atoms with van der Waals surface area (Å²) in [6.07, 6.45) is 3.39. The zero-order chi connectivity index (χ0) is 8.81. The molecule has 1 aromatic heterocycles. The third-order valence-corrected chi connectivity index (χ3v) is 1.38. The minimum absolute atomic E-state index is 0.484. The Kier molecular flexibility index (Phi) is 3.29. The number of rotatable bonds is 4. The van der Waals surface area contributed by atoms with Crippen molar-refractivity contribution in [1.82, 2.24) is 4.98 Å². The summed E-state index contributed by atoms with van der Waals surface area (Å²) in [4.78, 5) is 4.04. The third-order valence-electron chi connectivity index (χ3n) is 1.38. The molecule has 1 heterocycles. The highest BCUT2D eigenvalue weighted by molar-refractivity contribution is 5.52. The second kappa shape index (κ2) is 4.51. The monoisotopic (exact) mass is 164 g/mol. The molecular formula is C9H12N2O. The Morgan fingerprint density at radius 2 is 2.50 bits per heavy atom. The number of nitrogens with two attached hydrogens (primary N) is 1. The number of ether oxygens (including phenoxy) is 1. The fourth-order valence-electron chi connectivity index (χ4n) is 0.835. The number of pyridine rings is 1. The van der Waals surface area contributed by atoms with Crippen LogP contribution in [0.5, 0.6) is 5.88 Å². The number of hydrogen-bond donors (Lipinski definition) is 1. The fourth-order valence-corrected chi connectivity index (χ4v) is 0.835. The topological polar surface area (TPSA) is 48.1 Å². The van der Waals surface area contributed by atoms with E-state index in [1.807, 2.05) is 12.1 Å². The maximum absolute atomic E-state index is 5.29. The van der Waals surface area contributed by atoms with Crippen LogP contribution in [0, 0.1) is 0 Å². The molecule has 0 atom stereocenters. The summed E-state index contributed by atoms with van der Waals surface area (Å²) in [5, 5.41) is 0. The van der Waals surface area contributed by atoms with Gasteiger partial charge in [0.25, 0.3) is 0 Å². The summed E-state index contributed by atoms with van der Waals surface area (Å²) in [6, 6.07) is 3.73. The Labute approximate surface area is 71.9 Å². The molecule has 64 valence electrons. The summed E-state index contributed by atoms with van der Waals surface area (Å²) >= 11 is 0. The molecule has 0 aliphatic heterocycles. The lowest BCUT2D eigenvalue weighted by Gasteiger charge is -2.05. The Bertz CT molecular complexity index is 260. The normalized spacial score (nSPS) is 9.42. The second-order valence-electron chi connectivity index (χ2n) is 2.24. The molecule has 3 nitrogen and oxygen atoms in total. The van der Waals surface area contributed by atoms with Gasteiger partial charge in [0.1, 0.15) is 6.61 Å². The molecule has 1 aromatic rings. The zero-order valence-electron chi connectivity index (χ0n) is 6.86. The average molecular weight is 164 g/mol. The first-order valence-electron chi connectivity index (χ1n) is 3.79. The maximum Gasteiger partial charge on any atom is 0.220 e. The largest absolute Gasteiger partial charge is 0.476 e. The molecule has 0 bridgehead atoms. The zero-order valence-corrected chi connectivity index (χ0v) is 6.86. The van der Waals surface area contributed by atoms with E-state index in [9.17, 15) is 0 Å². The molecule has 0 unspecified atom stereocenters. The lowest BCUT2D eigenvalue weighted by atomic mass is 10.3. The van der Waals surface area contributed by atoms with E-state index in [-0.39, 0.29) is 0 Å². The Hall–Kier alpha value is -1.35. The first-order valence-corrected chi connectivity index (χ1v) is 3.79. The van der Waals surface area contributed by atoms with E-state index >= 15 is 0 Å². The van der Waals surface area contributed by atoms with Crippen LogP contribution in [0.15, 0.2) is 24.9 Å².